The van der Waals surface area contributed by atoms with Crippen molar-refractivity contribution in [2.24, 2.45) is 0 Å². The first-order valence-electron chi connectivity index (χ1n) is 3.47. The van der Waals surface area contributed by atoms with E-state index in [1.54, 1.807) is 0 Å². The molecule has 0 amide bonds. The lowest BCUT2D eigenvalue weighted by Gasteiger charge is -2.10. The van der Waals surface area contributed by atoms with Gasteiger partial charge in [0.1, 0.15) is 0 Å². The summed E-state index contributed by atoms with van der Waals surface area (Å²) in [5, 5.41) is 0. The van der Waals surface area contributed by atoms with Crippen molar-refractivity contribution in [1.29, 1.82) is 0 Å². The highest BCUT2D eigenvalue weighted by molar-refractivity contribution is 5.86. The molecule has 0 heterocycles. The highest BCUT2D eigenvalue weighted by atomic mass is 16.1. The molecule has 0 N–H and O–H groups in total. The molecule has 0 aromatic rings. The molecule has 0 bridgehead atoms. The van der Waals surface area contributed by atoms with E-state index in [9.17, 15) is 4.79 Å². The van der Waals surface area contributed by atoms with Crippen LogP contribution in [0.3, 0.4) is 0 Å². The van der Waals surface area contributed by atoms with Crippen LogP contribution >= 0.6 is 0 Å². The summed E-state index contributed by atoms with van der Waals surface area (Å²) in [5.41, 5.74) is 2.85. The first-order chi connectivity index (χ1) is 5.24. The maximum Gasteiger partial charge on any atom is 0.152 e. The second kappa shape index (κ2) is 3.15. The Bertz CT molecular complexity index is 248. The van der Waals surface area contributed by atoms with Crippen LogP contribution in [0.5, 0.6) is 0 Å². The predicted octanol–water partition coefficient (Wildman–Crippen LogP) is 2.43. The summed E-state index contributed by atoms with van der Waals surface area (Å²) < 4.78 is 0. The number of ketones is 1. The highest BCUT2D eigenvalue weighted by Gasteiger charge is 2.03. The van der Waals surface area contributed by atoms with Gasteiger partial charge in [-0.15, -0.1) is 0 Å². The molecule has 0 spiro atoms. The number of fused-ring (bicyclic) bond motifs is 1. The monoisotopic (exact) mass is 146 g/mol. The number of rotatable bonds is 1. The zero-order valence-corrected chi connectivity index (χ0v) is 6.50. The van der Waals surface area contributed by atoms with Gasteiger partial charge in [-0.05, 0) is 24.1 Å². The summed E-state index contributed by atoms with van der Waals surface area (Å²) in [6, 6.07) is 8.48. The van der Waals surface area contributed by atoms with Crippen molar-refractivity contribution < 1.29 is 4.79 Å². The highest BCUT2D eigenvalue weighted by Crippen LogP contribution is 2.29. The third-order valence-electron chi connectivity index (χ3n) is 1.51. The molecule has 0 fully saturated rings. The quantitative estimate of drug-likeness (QED) is 0.565. The molecule has 0 saturated carbocycles. The summed E-state index contributed by atoms with van der Waals surface area (Å²) in [6.45, 7) is 4.68. The molecule has 0 atom stereocenters. The molecular formula is C10H10O. The molecule has 0 radical (unpaired) electrons. The van der Waals surface area contributed by atoms with Gasteiger partial charge in [0.05, 0.1) is 0 Å². The Hall–Kier alpha value is -1.37. The minimum absolute atomic E-state index is 0.0185. The van der Waals surface area contributed by atoms with Crippen LogP contribution in [-0.4, -0.2) is 5.78 Å². The molecule has 56 valence electrons. The fraction of sp³-hybridized carbons (Fsp3) is 0.100. The molecule has 1 heteroatoms. The van der Waals surface area contributed by atoms with Gasteiger partial charge in [-0.1, -0.05) is 30.8 Å². The van der Waals surface area contributed by atoms with Crippen molar-refractivity contribution in [1.82, 2.24) is 0 Å². The average Bonchev–Trinajstić information content (AvgIpc) is 1.98. The Morgan fingerprint density at radius 2 is 1.55 bits per heavy atom. The van der Waals surface area contributed by atoms with E-state index in [1.807, 2.05) is 0 Å². The Balaban J connectivity index is 0.000000114. The fourth-order valence-corrected chi connectivity index (χ4v) is 0.663. The Labute approximate surface area is 66.4 Å². The molecule has 11 heavy (non-hydrogen) atoms. The summed E-state index contributed by atoms with van der Waals surface area (Å²) in [7, 11) is 0. The van der Waals surface area contributed by atoms with Gasteiger partial charge in [0, 0.05) is 0 Å². The number of allylic oxidation sites excluding steroid dienone is 1. The summed E-state index contributed by atoms with van der Waals surface area (Å²) in [5.74, 6) is 0.0185. The zero-order chi connectivity index (χ0) is 8.27. The number of hydrogen-bond acceptors (Lipinski definition) is 1. The number of benzene rings is 1. The third kappa shape index (κ3) is 1.77. The molecule has 0 aromatic carbocycles. The topological polar surface area (TPSA) is 17.1 Å². The maximum absolute atomic E-state index is 9.69. The summed E-state index contributed by atoms with van der Waals surface area (Å²) >= 11 is 0. The van der Waals surface area contributed by atoms with E-state index in [2.05, 4.69) is 30.8 Å². The summed E-state index contributed by atoms with van der Waals surface area (Å²) in [4.78, 5) is 9.69. The van der Waals surface area contributed by atoms with Crippen molar-refractivity contribution >= 4 is 5.78 Å². The molecule has 0 aliphatic heterocycles. The Morgan fingerprint density at radius 1 is 1.27 bits per heavy atom. The van der Waals surface area contributed by atoms with Crippen LogP contribution in [0.2, 0.25) is 0 Å². The normalized spacial score (nSPS) is 9.18. The SMILES string of the molecule is C=CC(C)=O.c1cc2ccc1-2. The van der Waals surface area contributed by atoms with E-state index in [1.165, 1.54) is 24.1 Å². The van der Waals surface area contributed by atoms with E-state index in [4.69, 9.17) is 0 Å². The van der Waals surface area contributed by atoms with Gasteiger partial charge < -0.3 is 0 Å². The van der Waals surface area contributed by atoms with E-state index >= 15 is 0 Å². The van der Waals surface area contributed by atoms with Crippen LogP contribution in [0.1, 0.15) is 6.92 Å². The molecule has 2 aliphatic rings. The second-order valence-electron chi connectivity index (χ2n) is 2.39. The van der Waals surface area contributed by atoms with Gasteiger partial charge in [-0.3, -0.25) is 4.79 Å². The number of carbonyl (C=O) groups is 1. The molecular weight excluding hydrogens is 136 g/mol. The number of carbonyl (C=O) groups excluding carboxylic acids is 1. The van der Waals surface area contributed by atoms with E-state index in [-0.39, 0.29) is 5.78 Å². The second-order valence-corrected chi connectivity index (χ2v) is 2.39. The largest absolute Gasteiger partial charge is 0.295 e. The third-order valence-corrected chi connectivity index (χ3v) is 1.51. The van der Waals surface area contributed by atoms with Crippen molar-refractivity contribution in [2.75, 3.05) is 0 Å². The molecule has 2 rings (SSSR count). The van der Waals surface area contributed by atoms with Crippen molar-refractivity contribution in [3.05, 3.63) is 36.9 Å². The van der Waals surface area contributed by atoms with Crippen LogP contribution in [0.4, 0.5) is 0 Å². The Kier molecular flexibility index (Phi) is 2.21. The van der Waals surface area contributed by atoms with Crippen LogP contribution < -0.4 is 0 Å². The van der Waals surface area contributed by atoms with Gasteiger partial charge in [0.2, 0.25) is 0 Å². The smallest absolute Gasteiger partial charge is 0.152 e. The van der Waals surface area contributed by atoms with Gasteiger partial charge in [0.25, 0.3) is 0 Å². The molecule has 0 saturated heterocycles. The van der Waals surface area contributed by atoms with E-state index in [0.29, 0.717) is 0 Å². The van der Waals surface area contributed by atoms with Crippen LogP contribution in [0.15, 0.2) is 36.9 Å². The average molecular weight is 146 g/mol. The molecule has 2 aliphatic carbocycles. The number of hydrogen-bond donors (Lipinski definition) is 0. The zero-order valence-electron chi connectivity index (χ0n) is 6.50. The van der Waals surface area contributed by atoms with Crippen molar-refractivity contribution in [2.45, 2.75) is 6.92 Å². The molecule has 1 nitrogen and oxygen atoms in total. The lowest BCUT2D eigenvalue weighted by Crippen LogP contribution is -1.85. The fourth-order valence-electron chi connectivity index (χ4n) is 0.663. The van der Waals surface area contributed by atoms with Crippen molar-refractivity contribution in [3.8, 4) is 11.1 Å². The van der Waals surface area contributed by atoms with Gasteiger partial charge in [0.15, 0.2) is 5.78 Å². The minimum atomic E-state index is 0.0185. The van der Waals surface area contributed by atoms with E-state index in [0.717, 1.165) is 0 Å². The molecule has 0 aromatic heterocycles. The lowest BCUT2D eigenvalue weighted by atomic mass is 9.95. The van der Waals surface area contributed by atoms with Gasteiger partial charge >= 0.3 is 0 Å². The molecule has 0 unspecified atom stereocenters. The maximum atomic E-state index is 9.69. The standard InChI is InChI=1S/C6H4.C4H6O/c1-2-6-4-3-5(1)6;1-3-4(2)5/h1-4H;3H,1H2,2H3. The van der Waals surface area contributed by atoms with Crippen LogP contribution in [-0.2, 0) is 4.79 Å². The Morgan fingerprint density at radius 3 is 1.55 bits per heavy atom. The minimum Gasteiger partial charge on any atom is -0.295 e. The van der Waals surface area contributed by atoms with E-state index < -0.39 is 0 Å². The lowest BCUT2D eigenvalue weighted by molar-refractivity contribution is -0.112. The summed E-state index contributed by atoms with van der Waals surface area (Å²) in [6.07, 6.45) is 1.28. The van der Waals surface area contributed by atoms with Gasteiger partial charge in [-0.25, -0.2) is 0 Å². The first-order valence-corrected chi connectivity index (χ1v) is 3.47. The van der Waals surface area contributed by atoms with Crippen LogP contribution in [0, 0.1) is 0 Å². The van der Waals surface area contributed by atoms with Crippen molar-refractivity contribution in [3.63, 3.8) is 0 Å². The van der Waals surface area contributed by atoms with Crippen LogP contribution in [0.25, 0.3) is 11.1 Å². The predicted molar refractivity (Wildman–Crippen MR) is 46.3 cm³/mol. The van der Waals surface area contributed by atoms with Gasteiger partial charge in [-0.2, -0.15) is 0 Å². The first kappa shape index (κ1) is 7.73.